The van der Waals surface area contributed by atoms with Crippen LogP contribution in [0, 0.1) is 0 Å². The van der Waals surface area contributed by atoms with Gasteiger partial charge in [0, 0.05) is 16.8 Å². The van der Waals surface area contributed by atoms with Crippen molar-refractivity contribution >= 4 is 78.8 Å². The molecule has 0 spiro atoms. The fourth-order valence-electron chi connectivity index (χ4n) is 3.44. The lowest BCUT2D eigenvalue weighted by Crippen LogP contribution is -2.34. The van der Waals surface area contributed by atoms with Gasteiger partial charge in [-0.05, 0) is 105 Å². The van der Waals surface area contributed by atoms with Gasteiger partial charge in [-0.25, -0.2) is 4.98 Å². The van der Waals surface area contributed by atoms with Crippen molar-refractivity contribution < 1.29 is 19.1 Å². The van der Waals surface area contributed by atoms with Gasteiger partial charge in [0.1, 0.15) is 11.5 Å². The van der Waals surface area contributed by atoms with Gasteiger partial charge in [-0.1, -0.05) is 11.3 Å². The van der Waals surface area contributed by atoms with Crippen LogP contribution in [0.4, 0.5) is 10.8 Å². The molecular weight excluding hydrogens is 555 g/mol. The maximum atomic E-state index is 12.5. The zero-order chi connectivity index (χ0) is 27.8. The van der Waals surface area contributed by atoms with Crippen LogP contribution in [0.25, 0.3) is 10.2 Å². The number of carbonyl (C=O) groups is 2. The second-order valence-corrected chi connectivity index (χ2v) is 9.78. The van der Waals surface area contributed by atoms with E-state index in [0.717, 1.165) is 10.2 Å². The summed E-state index contributed by atoms with van der Waals surface area (Å²) in [5.41, 5.74) is 2.33. The van der Waals surface area contributed by atoms with E-state index in [4.69, 9.17) is 33.9 Å². The summed E-state index contributed by atoms with van der Waals surface area (Å²) in [7, 11) is 0. The molecule has 0 aliphatic carbocycles. The maximum Gasteiger partial charge on any atom is 0.257 e. The minimum Gasteiger partial charge on any atom is -0.494 e. The van der Waals surface area contributed by atoms with E-state index < -0.39 is 0 Å². The molecule has 2 amide bonds. The minimum atomic E-state index is -0.344. The number of anilines is 2. The molecule has 4 N–H and O–H groups in total. The number of rotatable bonds is 8. The third-order valence-electron chi connectivity index (χ3n) is 5.18. The van der Waals surface area contributed by atoms with E-state index in [1.807, 2.05) is 26.0 Å². The van der Waals surface area contributed by atoms with Crippen LogP contribution in [0.3, 0.4) is 0 Å². The van der Waals surface area contributed by atoms with Gasteiger partial charge in [0.25, 0.3) is 11.8 Å². The number of benzene rings is 3. The van der Waals surface area contributed by atoms with Gasteiger partial charge in [0.05, 0.1) is 23.4 Å². The zero-order valence-electron chi connectivity index (χ0n) is 21.1. The Morgan fingerprint density at radius 1 is 0.769 bits per heavy atom. The van der Waals surface area contributed by atoms with Crippen molar-refractivity contribution in [2.45, 2.75) is 13.8 Å². The molecule has 0 saturated heterocycles. The molecular formula is C27H25N5O4S3. The fraction of sp³-hybridized carbons (Fsp3) is 0.148. The number of aromatic nitrogens is 1. The number of thiocarbonyl (C=S) groups is 2. The van der Waals surface area contributed by atoms with Crippen molar-refractivity contribution in [2.75, 3.05) is 23.8 Å². The Labute approximate surface area is 239 Å². The fourth-order valence-corrected chi connectivity index (χ4v) is 4.81. The summed E-state index contributed by atoms with van der Waals surface area (Å²) in [5, 5.41) is 12.1. The summed E-state index contributed by atoms with van der Waals surface area (Å²) >= 11 is 12.0. The third kappa shape index (κ3) is 7.69. The molecule has 0 fully saturated rings. The Morgan fingerprint density at radius 3 is 1.79 bits per heavy atom. The van der Waals surface area contributed by atoms with Crippen molar-refractivity contribution in [2.24, 2.45) is 0 Å². The predicted octanol–water partition coefficient (Wildman–Crippen LogP) is 5.35. The molecule has 0 bridgehead atoms. The van der Waals surface area contributed by atoms with Crippen molar-refractivity contribution in [3.05, 3.63) is 77.9 Å². The molecule has 1 aromatic heterocycles. The maximum absolute atomic E-state index is 12.5. The summed E-state index contributed by atoms with van der Waals surface area (Å²) in [6, 6.07) is 19.1. The second-order valence-electron chi connectivity index (χ2n) is 7.93. The van der Waals surface area contributed by atoms with Gasteiger partial charge in [0.2, 0.25) is 0 Å². The van der Waals surface area contributed by atoms with E-state index in [0.29, 0.717) is 46.7 Å². The smallest absolute Gasteiger partial charge is 0.257 e. The highest BCUT2D eigenvalue weighted by atomic mass is 32.1. The summed E-state index contributed by atoms with van der Waals surface area (Å²) < 4.78 is 11.6. The van der Waals surface area contributed by atoms with E-state index in [1.165, 1.54) is 11.3 Å². The Bertz CT molecular complexity index is 1430. The molecule has 3 aromatic carbocycles. The number of hydrogen-bond donors (Lipinski definition) is 4. The third-order valence-corrected chi connectivity index (χ3v) is 6.52. The summed E-state index contributed by atoms with van der Waals surface area (Å²) in [4.78, 5) is 29.5. The Hall–Kier alpha value is -4.13. The summed E-state index contributed by atoms with van der Waals surface area (Å²) in [5.74, 6) is 0.705. The quantitative estimate of drug-likeness (QED) is 0.205. The molecule has 0 radical (unpaired) electrons. The minimum absolute atomic E-state index is 0.129. The number of fused-ring (bicyclic) bond motifs is 1. The topological polar surface area (TPSA) is 114 Å². The molecule has 9 nitrogen and oxygen atoms in total. The molecule has 0 saturated carbocycles. The van der Waals surface area contributed by atoms with Crippen LogP contribution in [-0.2, 0) is 0 Å². The van der Waals surface area contributed by atoms with E-state index >= 15 is 0 Å². The largest absolute Gasteiger partial charge is 0.494 e. The zero-order valence-corrected chi connectivity index (χ0v) is 23.5. The number of nitrogens with zero attached hydrogens (tertiary/aromatic N) is 1. The standard InChI is InChI=1S/C27H25N5O4S3/c1-3-35-19-10-5-16(6-11-19)23(33)30-25(37)28-18-9-14-21-22(15-18)39-27(29-21)32-26(38)31-24(34)17-7-12-20(13-8-17)36-4-2/h5-15H,3-4H2,1-2H3,(H2,28,30,33,37)(H2,29,31,32,34,38). The van der Waals surface area contributed by atoms with Crippen molar-refractivity contribution in [1.82, 2.24) is 15.6 Å². The van der Waals surface area contributed by atoms with E-state index in [-0.39, 0.29) is 22.0 Å². The monoisotopic (exact) mass is 579 g/mol. The van der Waals surface area contributed by atoms with Gasteiger partial charge >= 0.3 is 0 Å². The van der Waals surface area contributed by atoms with Crippen LogP contribution in [0.2, 0.25) is 0 Å². The van der Waals surface area contributed by atoms with Crippen LogP contribution >= 0.6 is 35.8 Å². The van der Waals surface area contributed by atoms with Crippen molar-refractivity contribution in [3.63, 3.8) is 0 Å². The Morgan fingerprint density at radius 2 is 1.28 bits per heavy atom. The Kier molecular flexibility index (Phi) is 9.36. The highest BCUT2D eigenvalue weighted by Gasteiger charge is 2.12. The SMILES string of the molecule is CCOc1ccc(C(=O)NC(=S)Nc2ccc3nc(NC(=S)NC(=O)c4ccc(OCC)cc4)sc3c2)cc1. The molecule has 200 valence electrons. The molecule has 0 aliphatic heterocycles. The lowest BCUT2D eigenvalue weighted by atomic mass is 10.2. The highest BCUT2D eigenvalue weighted by Crippen LogP contribution is 2.28. The lowest BCUT2D eigenvalue weighted by Gasteiger charge is -2.10. The van der Waals surface area contributed by atoms with Crippen LogP contribution in [0.1, 0.15) is 34.6 Å². The predicted molar refractivity (Wildman–Crippen MR) is 162 cm³/mol. The normalized spacial score (nSPS) is 10.4. The molecule has 12 heteroatoms. The first kappa shape index (κ1) is 27.9. The molecule has 1 heterocycles. The first-order valence-corrected chi connectivity index (χ1v) is 13.6. The number of carbonyl (C=O) groups excluding carboxylic acids is 2. The average Bonchev–Trinajstić information content (AvgIpc) is 3.31. The average molecular weight is 580 g/mol. The van der Waals surface area contributed by atoms with Crippen LogP contribution in [0.15, 0.2) is 66.7 Å². The Balaban J connectivity index is 1.32. The first-order chi connectivity index (χ1) is 18.8. The van der Waals surface area contributed by atoms with Crippen molar-refractivity contribution in [3.8, 4) is 11.5 Å². The summed E-state index contributed by atoms with van der Waals surface area (Å²) in [6.07, 6.45) is 0. The first-order valence-electron chi connectivity index (χ1n) is 12.0. The summed E-state index contributed by atoms with van der Waals surface area (Å²) in [6.45, 7) is 4.89. The number of amides is 2. The highest BCUT2D eigenvalue weighted by molar-refractivity contribution is 7.80. The molecule has 4 rings (SSSR count). The molecule has 0 atom stereocenters. The number of thiazole rings is 1. The van der Waals surface area contributed by atoms with Gasteiger partial charge < -0.3 is 20.1 Å². The number of ether oxygens (including phenoxy) is 2. The molecule has 0 unspecified atom stereocenters. The molecule has 39 heavy (non-hydrogen) atoms. The number of hydrogen-bond acceptors (Lipinski definition) is 8. The van der Waals surface area contributed by atoms with Crippen LogP contribution < -0.4 is 30.7 Å². The van der Waals surface area contributed by atoms with E-state index in [1.54, 1.807) is 54.6 Å². The van der Waals surface area contributed by atoms with Crippen LogP contribution in [0.5, 0.6) is 11.5 Å². The molecule has 0 aliphatic rings. The van der Waals surface area contributed by atoms with Gasteiger partial charge in [-0.2, -0.15) is 0 Å². The van der Waals surface area contributed by atoms with E-state index in [9.17, 15) is 9.59 Å². The number of nitrogens with one attached hydrogen (secondary N) is 4. The lowest BCUT2D eigenvalue weighted by molar-refractivity contribution is 0.0969. The van der Waals surface area contributed by atoms with Gasteiger partial charge in [-0.15, -0.1) is 0 Å². The van der Waals surface area contributed by atoms with E-state index in [2.05, 4.69) is 26.3 Å². The molecule has 4 aromatic rings. The van der Waals surface area contributed by atoms with Crippen molar-refractivity contribution in [1.29, 1.82) is 0 Å². The van der Waals surface area contributed by atoms with Gasteiger partial charge in [0.15, 0.2) is 15.4 Å². The van der Waals surface area contributed by atoms with Crippen LogP contribution in [-0.4, -0.2) is 40.2 Å². The van der Waals surface area contributed by atoms with Gasteiger partial charge in [-0.3, -0.25) is 20.2 Å². The second kappa shape index (κ2) is 13.1.